The zero-order chi connectivity index (χ0) is 10.7. The normalized spacial score (nSPS) is 38.2. The quantitative estimate of drug-likeness (QED) is 0.756. The molecule has 2 nitrogen and oxygen atoms in total. The first kappa shape index (κ1) is 11.4. The number of piperidine rings is 1. The number of nitrogens with one attached hydrogen (secondary N) is 1. The van der Waals surface area contributed by atoms with Crippen molar-refractivity contribution in [2.45, 2.75) is 33.1 Å². The topological polar surface area (TPSA) is 21.3 Å². The lowest BCUT2D eigenvalue weighted by Crippen LogP contribution is -2.44. The van der Waals surface area contributed by atoms with Gasteiger partial charge in [-0.25, -0.2) is 0 Å². The van der Waals surface area contributed by atoms with Crippen LogP contribution in [0, 0.1) is 23.7 Å². The van der Waals surface area contributed by atoms with Gasteiger partial charge in [-0.1, -0.05) is 13.8 Å². The van der Waals surface area contributed by atoms with Gasteiger partial charge >= 0.3 is 0 Å². The van der Waals surface area contributed by atoms with E-state index in [4.69, 9.17) is 4.74 Å². The first-order chi connectivity index (χ1) is 7.29. The molecule has 88 valence electrons. The summed E-state index contributed by atoms with van der Waals surface area (Å²) in [6.07, 6.45) is 4.03. The summed E-state index contributed by atoms with van der Waals surface area (Å²) in [7, 11) is 0. The van der Waals surface area contributed by atoms with Crippen molar-refractivity contribution in [3.8, 4) is 0 Å². The Morgan fingerprint density at radius 1 is 1.27 bits per heavy atom. The molecule has 0 radical (unpaired) electrons. The molecule has 0 saturated carbocycles. The second kappa shape index (κ2) is 5.31. The number of rotatable bonds is 2. The zero-order valence-electron chi connectivity index (χ0n) is 10.2. The molecule has 2 heterocycles. The van der Waals surface area contributed by atoms with Crippen molar-refractivity contribution < 1.29 is 4.74 Å². The molecule has 2 aliphatic heterocycles. The standard InChI is InChI=1S/C13H25NO/c1-10(2)13-8-14-6-5-12(13)11-4-3-7-15-9-11/h10-14H,3-9H2,1-2H3. The molecule has 2 heteroatoms. The van der Waals surface area contributed by atoms with Crippen LogP contribution in [-0.2, 0) is 4.74 Å². The van der Waals surface area contributed by atoms with Crippen molar-refractivity contribution in [3.05, 3.63) is 0 Å². The van der Waals surface area contributed by atoms with Crippen molar-refractivity contribution in [2.75, 3.05) is 26.3 Å². The molecule has 3 unspecified atom stereocenters. The highest BCUT2D eigenvalue weighted by Crippen LogP contribution is 2.35. The summed E-state index contributed by atoms with van der Waals surface area (Å²) < 4.78 is 5.64. The Balaban J connectivity index is 1.96. The van der Waals surface area contributed by atoms with E-state index in [2.05, 4.69) is 19.2 Å². The van der Waals surface area contributed by atoms with Crippen LogP contribution >= 0.6 is 0 Å². The second-order valence-corrected chi connectivity index (χ2v) is 5.54. The van der Waals surface area contributed by atoms with Crippen LogP contribution in [0.1, 0.15) is 33.1 Å². The minimum Gasteiger partial charge on any atom is -0.381 e. The van der Waals surface area contributed by atoms with E-state index >= 15 is 0 Å². The van der Waals surface area contributed by atoms with E-state index in [0.29, 0.717) is 0 Å². The smallest absolute Gasteiger partial charge is 0.0497 e. The molecular weight excluding hydrogens is 186 g/mol. The Morgan fingerprint density at radius 3 is 2.80 bits per heavy atom. The van der Waals surface area contributed by atoms with Gasteiger partial charge in [0.15, 0.2) is 0 Å². The van der Waals surface area contributed by atoms with Gasteiger partial charge in [-0.3, -0.25) is 0 Å². The average molecular weight is 211 g/mol. The molecule has 2 saturated heterocycles. The summed E-state index contributed by atoms with van der Waals surface area (Å²) in [5, 5.41) is 3.54. The second-order valence-electron chi connectivity index (χ2n) is 5.54. The first-order valence-corrected chi connectivity index (χ1v) is 6.57. The van der Waals surface area contributed by atoms with Crippen LogP contribution in [0.25, 0.3) is 0 Å². The number of hydrogen-bond donors (Lipinski definition) is 1. The van der Waals surface area contributed by atoms with E-state index in [0.717, 1.165) is 36.9 Å². The van der Waals surface area contributed by atoms with Gasteiger partial charge in [0, 0.05) is 13.2 Å². The molecule has 0 amide bonds. The Kier molecular flexibility index (Phi) is 4.04. The van der Waals surface area contributed by atoms with Crippen LogP contribution in [0.15, 0.2) is 0 Å². The molecule has 0 aromatic carbocycles. The molecule has 2 fully saturated rings. The summed E-state index contributed by atoms with van der Waals surface area (Å²) >= 11 is 0. The number of ether oxygens (including phenoxy) is 1. The van der Waals surface area contributed by atoms with Crippen LogP contribution in [0.3, 0.4) is 0 Å². The Morgan fingerprint density at radius 2 is 2.13 bits per heavy atom. The van der Waals surface area contributed by atoms with Gasteiger partial charge in [0.25, 0.3) is 0 Å². The summed E-state index contributed by atoms with van der Waals surface area (Å²) in [5.41, 5.74) is 0. The molecule has 0 aromatic rings. The average Bonchev–Trinajstić information content (AvgIpc) is 2.30. The van der Waals surface area contributed by atoms with Crippen molar-refractivity contribution in [3.63, 3.8) is 0 Å². The first-order valence-electron chi connectivity index (χ1n) is 6.57. The van der Waals surface area contributed by atoms with Gasteiger partial charge in [0.2, 0.25) is 0 Å². The van der Waals surface area contributed by atoms with Gasteiger partial charge < -0.3 is 10.1 Å². The van der Waals surface area contributed by atoms with E-state index in [1.807, 2.05) is 0 Å². The fourth-order valence-electron chi connectivity index (χ4n) is 3.32. The predicted molar refractivity (Wildman–Crippen MR) is 62.8 cm³/mol. The van der Waals surface area contributed by atoms with Gasteiger partial charge in [-0.15, -0.1) is 0 Å². The molecule has 0 spiro atoms. The van der Waals surface area contributed by atoms with E-state index in [1.54, 1.807) is 0 Å². The molecule has 2 aliphatic rings. The van der Waals surface area contributed by atoms with Gasteiger partial charge in [-0.2, -0.15) is 0 Å². The minimum atomic E-state index is 0.810. The lowest BCUT2D eigenvalue weighted by molar-refractivity contribution is 0.000966. The highest BCUT2D eigenvalue weighted by Gasteiger charge is 2.34. The van der Waals surface area contributed by atoms with Gasteiger partial charge in [0.1, 0.15) is 0 Å². The lowest BCUT2D eigenvalue weighted by atomic mass is 9.71. The van der Waals surface area contributed by atoms with E-state index in [-0.39, 0.29) is 0 Å². The fraction of sp³-hybridized carbons (Fsp3) is 1.00. The third-order valence-corrected chi connectivity index (χ3v) is 4.24. The SMILES string of the molecule is CC(C)C1CNCCC1C1CCCOC1. The molecule has 0 aliphatic carbocycles. The van der Waals surface area contributed by atoms with Gasteiger partial charge in [-0.05, 0) is 56.0 Å². The van der Waals surface area contributed by atoms with Crippen LogP contribution in [-0.4, -0.2) is 26.3 Å². The Bertz CT molecular complexity index is 187. The lowest BCUT2D eigenvalue weighted by Gasteiger charge is -2.41. The van der Waals surface area contributed by atoms with E-state index in [9.17, 15) is 0 Å². The monoisotopic (exact) mass is 211 g/mol. The maximum absolute atomic E-state index is 5.64. The van der Waals surface area contributed by atoms with Crippen LogP contribution < -0.4 is 5.32 Å². The Hall–Kier alpha value is -0.0800. The summed E-state index contributed by atoms with van der Waals surface area (Å²) in [6, 6.07) is 0. The molecular formula is C13H25NO. The fourth-order valence-corrected chi connectivity index (χ4v) is 3.32. The van der Waals surface area contributed by atoms with E-state index < -0.39 is 0 Å². The molecule has 2 rings (SSSR count). The maximum Gasteiger partial charge on any atom is 0.0497 e. The molecule has 0 aromatic heterocycles. The summed E-state index contributed by atoms with van der Waals surface area (Å²) in [5.74, 6) is 3.43. The third-order valence-electron chi connectivity index (χ3n) is 4.24. The van der Waals surface area contributed by atoms with Crippen LogP contribution in [0.4, 0.5) is 0 Å². The van der Waals surface area contributed by atoms with Crippen molar-refractivity contribution in [1.29, 1.82) is 0 Å². The molecule has 15 heavy (non-hydrogen) atoms. The summed E-state index contributed by atoms with van der Waals surface area (Å²) in [6.45, 7) is 9.19. The largest absolute Gasteiger partial charge is 0.381 e. The van der Waals surface area contributed by atoms with Crippen molar-refractivity contribution >= 4 is 0 Å². The molecule has 3 atom stereocenters. The highest BCUT2D eigenvalue weighted by atomic mass is 16.5. The highest BCUT2D eigenvalue weighted by molar-refractivity contribution is 4.85. The minimum absolute atomic E-state index is 0.810. The van der Waals surface area contributed by atoms with Crippen molar-refractivity contribution in [1.82, 2.24) is 5.32 Å². The Labute approximate surface area is 93.8 Å². The van der Waals surface area contributed by atoms with Crippen molar-refractivity contribution in [2.24, 2.45) is 23.7 Å². The zero-order valence-corrected chi connectivity index (χ0v) is 10.2. The van der Waals surface area contributed by atoms with Gasteiger partial charge in [0.05, 0.1) is 0 Å². The van der Waals surface area contributed by atoms with Crippen LogP contribution in [0.5, 0.6) is 0 Å². The van der Waals surface area contributed by atoms with E-state index in [1.165, 1.54) is 32.4 Å². The third kappa shape index (κ3) is 2.73. The maximum atomic E-state index is 5.64. The van der Waals surface area contributed by atoms with Crippen LogP contribution in [0.2, 0.25) is 0 Å². The molecule has 0 bridgehead atoms. The predicted octanol–water partition coefficient (Wildman–Crippen LogP) is 2.29. The number of hydrogen-bond acceptors (Lipinski definition) is 2. The summed E-state index contributed by atoms with van der Waals surface area (Å²) in [4.78, 5) is 0. The molecule has 1 N–H and O–H groups in total.